The lowest BCUT2D eigenvalue weighted by molar-refractivity contribution is -0.137. The van der Waals surface area contributed by atoms with Gasteiger partial charge in [-0.1, -0.05) is 0 Å². The van der Waals surface area contributed by atoms with Crippen LogP contribution < -0.4 is 10.6 Å². The number of amides is 3. The van der Waals surface area contributed by atoms with E-state index in [0.29, 0.717) is 17.8 Å². The molecule has 0 bridgehead atoms. The van der Waals surface area contributed by atoms with Gasteiger partial charge in [-0.3, -0.25) is 19.3 Å². The number of β-amino-alcohol motifs (C(OH)–C–C–N with tert-alkyl or cyclic N) is 1. The molecule has 0 saturated heterocycles. The van der Waals surface area contributed by atoms with E-state index in [1.807, 2.05) is 6.92 Å². The molecule has 122 valence electrons. The maximum atomic E-state index is 12.1. The van der Waals surface area contributed by atoms with Crippen LogP contribution in [0.3, 0.4) is 0 Å². The van der Waals surface area contributed by atoms with E-state index in [-0.39, 0.29) is 24.8 Å². The van der Waals surface area contributed by atoms with Gasteiger partial charge in [0.25, 0.3) is 17.7 Å². The van der Waals surface area contributed by atoms with Crippen molar-refractivity contribution in [2.24, 2.45) is 0 Å². The molecule has 0 saturated carbocycles. The van der Waals surface area contributed by atoms with Crippen LogP contribution in [0.2, 0.25) is 0 Å². The van der Waals surface area contributed by atoms with Crippen LogP contribution in [0.25, 0.3) is 0 Å². The molecule has 23 heavy (non-hydrogen) atoms. The average Bonchev–Trinajstić information content (AvgIpc) is 2.77. The largest absolute Gasteiger partial charge is 0.395 e. The topological polar surface area (TPSA) is 98.7 Å². The van der Waals surface area contributed by atoms with Gasteiger partial charge in [-0.15, -0.1) is 0 Å². The summed E-state index contributed by atoms with van der Waals surface area (Å²) < 4.78 is 0. The Hall–Kier alpha value is -2.67. The fourth-order valence-electron chi connectivity index (χ4n) is 2.26. The van der Waals surface area contributed by atoms with Crippen LogP contribution >= 0.6 is 0 Å². The number of carbonyl (C=O) groups is 3. The maximum Gasteiger partial charge on any atom is 0.277 e. The van der Waals surface area contributed by atoms with Gasteiger partial charge < -0.3 is 15.7 Å². The summed E-state index contributed by atoms with van der Waals surface area (Å²) in [6.07, 6.45) is 1.20. The molecule has 0 spiro atoms. The standard InChI is InChI=1S/C16H19N3O4/c1-3-17-15(22)11-4-5-12(10(2)8-11)18-13-9-14(21)19(6-7-20)16(13)23/h4-5,8-9,18,20H,3,6-7H2,1-2H3,(H,17,22). The Bertz CT molecular complexity index is 682. The number of carbonyl (C=O) groups excluding carboxylic acids is 3. The van der Waals surface area contributed by atoms with E-state index in [1.165, 1.54) is 6.08 Å². The highest BCUT2D eigenvalue weighted by atomic mass is 16.3. The molecule has 0 aliphatic carbocycles. The smallest absolute Gasteiger partial charge is 0.277 e. The average molecular weight is 317 g/mol. The number of benzene rings is 1. The fourth-order valence-corrected chi connectivity index (χ4v) is 2.26. The second-order valence-electron chi connectivity index (χ2n) is 5.09. The molecule has 7 heteroatoms. The second-order valence-corrected chi connectivity index (χ2v) is 5.09. The minimum atomic E-state index is -0.476. The van der Waals surface area contributed by atoms with Gasteiger partial charge in [0, 0.05) is 23.9 Å². The number of nitrogens with zero attached hydrogens (tertiary/aromatic N) is 1. The van der Waals surface area contributed by atoms with Gasteiger partial charge in [-0.25, -0.2) is 0 Å². The summed E-state index contributed by atoms with van der Waals surface area (Å²) in [7, 11) is 0. The molecule has 0 aromatic heterocycles. The first-order chi connectivity index (χ1) is 11.0. The Balaban J connectivity index is 2.15. The minimum Gasteiger partial charge on any atom is -0.395 e. The van der Waals surface area contributed by atoms with Crippen LogP contribution in [0.5, 0.6) is 0 Å². The van der Waals surface area contributed by atoms with E-state index in [1.54, 1.807) is 25.1 Å². The Labute approximate surface area is 134 Å². The van der Waals surface area contributed by atoms with Gasteiger partial charge in [-0.05, 0) is 37.6 Å². The molecule has 7 nitrogen and oxygen atoms in total. The van der Waals surface area contributed by atoms with E-state index in [2.05, 4.69) is 10.6 Å². The zero-order chi connectivity index (χ0) is 17.0. The van der Waals surface area contributed by atoms with Gasteiger partial charge >= 0.3 is 0 Å². The molecule has 0 unspecified atom stereocenters. The van der Waals surface area contributed by atoms with Crippen LogP contribution in [0, 0.1) is 6.92 Å². The van der Waals surface area contributed by atoms with Crippen molar-refractivity contribution >= 4 is 23.4 Å². The number of anilines is 1. The van der Waals surface area contributed by atoms with Gasteiger partial charge in [0.05, 0.1) is 13.2 Å². The lowest BCUT2D eigenvalue weighted by Crippen LogP contribution is -2.34. The van der Waals surface area contributed by atoms with Crippen molar-refractivity contribution < 1.29 is 19.5 Å². The van der Waals surface area contributed by atoms with Crippen molar-refractivity contribution in [3.05, 3.63) is 41.1 Å². The molecule has 1 heterocycles. The number of imide groups is 1. The second kappa shape index (κ2) is 7.06. The molecule has 1 aliphatic rings. The van der Waals surface area contributed by atoms with Crippen LogP contribution in [-0.2, 0) is 9.59 Å². The number of hydrogen-bond donors (Lipinski definition) is 3. The van der Waals surface area contributed by atoms with E-state index in [0.717, 1.165) is 10.5 Å². The third-order valence-electron chi connectivity index (χ3n) is 3.43. The molecule has 3 amide bonds. The summed E-state index contributed by atoms with van der Waals surface area (Å²) in [4.78, 5) is 36.5. The highest BCUT2D eigenvalue weighted by molar-refractivity contribution is 6.17. The first kappa shape index (κ1) is 16.7. The van der Waals surface area contributed by atoms with Gasteiger partial charge in [-0.2, -0.15) is 0 Å². The summed E-state index contributed by atoms with van der Waals surface area (Å²) in [6.45, 7) is 3.88. The number of hydrogen-bond acceptors (Lipinski definition) is 5. The Morgan fingerprint density at radius 1 is 1.30 bits per heavy atom. The minimum absolute atomic E-state index is 0.0333. The number of rotatable bonds is 6. The van der Waals surface area contributed by atoms with Gasteiger partial charge in [0.15, 0.2) is 0 Å². The van der Waals surface area contributed by atoms with Crippen molar-refractivity contribution in [2.75, 3.05) is 25.0 Å². The Morgan fingerprint density at radius 2 is 2.04 bits per heavy atom. The highest BCUT2D eigenvalue weighted by Gasteiger charge is 2.30. The molecule has 1 aliphatic heterocycles. The fraction of sp³-hybridized carbons (Fsp3) is 0.312. The normalized spacial score (nSPS) is 14.0. The Kier molecular flexibility index (Phi) is 5.13. The first-order valence-electron chi connectivity index (χ1n) is 7.32. The van der Waals surface area contributed by atoms with Crippen LogP contribution in [0.15, 0.2) is 30.0 Å². The van der Waals surface area contributed by atoms with E-state index < -0.39 is 11.8 Å². The van der Waals surface area contributed by atoms with E-state index in [4.69, 9.17) is 5.11 Å². The lowest BCUT2D eigenvalue weighted by atomic mass is 10.1. The summed E-state index contributed by atoms with van der Waals surface area (Å²) >= 11 is 0. The van der Waals surface area contributed by atoms with Crippen LogP contribution in [0.1, 0.15) is 22.8 Å². The molecule has 2 rings (SSSR count). The molecule has 1 aromatic carbocycles. The van der Waals surface area contributed by atoms with Crippen molar-refractivity contribution in [3.8, 4) is 0 Å². The third-order valence-corrected chi connectivity index (χ3v) is 3.43. The molecule has 1 aromatic rings. The van der Waals surface area contributed by atoms with Crippen molar-refractivity contribution in [3.63, 3.8) is 0 Å². The predicted octanol–water partition coefficient (Wildman–Crippen LogP) is 0.402. The number of aryl methyl sites for hydroxylation is 1. The Morgan fingerprint density at radius 3 is 2.65 bits per heavy atom. The van der Waals surface area contributed by atoms with Crippen LogP contribution in [0.4, 0.5) is 5.69 Å². The van der Waals surface area contributed by atoms with Gasteiger partial charge in [0.1, 0.15) is 5.70 Å². The lowest BCUT2D eigenvalue weighted by Gasteiger charge is -2.14. The molecule has 0 radical (unpaired) electrons. The molecule has 3 N–H and O–H groups in total. The summed E-state index contributed by atoms with van der Waals surface area (Å²) in [6, 6.07) is 5.04. The number of aliphatic hydroxyl groups is 1. The molecular formula is C16H19N3O4. The molecular weight excluding hydrogens is 298 g/mol. The van der Waals surface area contributed by atoms with Crippen molar-refractivity contribution in [1.29, 1.82) is 0 Å². The highest BCUT2D eigenvalue weighted by Crippen LogP contribution is 2.21. The number of nitrogens with one attached hydrogen (secondary N) is 2. The quantitative estimate of drug-likeness (QED) is 0.660. The van der Waals surface area contributed by atoms with E-state index in [9.17, 15) is 14.4 Å². The summed E-state index contributed by atoms with van der Waals surface area (Å²) in [5.74, 6) is -1.10. The van der Waals surface area contributed by atoms with Crippen LogP contribution in [-0.4, -0.2) is 47.4 Å². The molecule has 0 atom stereocenters. The zero-order valence-corrected chi connectivity index (χ0v) is 13.0. The summed E-state index contributed by atoms with van der Waals surface area (Å²) in [5, 5.41) is 14.5. The van der Waals surface area contributed by atoms with Gasteiger partial charge in [0.2, 0.25) is 0 Å². The van der Waals surface area contributed by atoms with Crippen molar-refractivity contribution in [1.82, 2.24) is 10.2 Å². The first-order valence-corrected chi connectivity index (χ1v) is 7.32. The monoisotopic (exact) mass is 317 g/mol. The van der Waals surface area contributed by atoms with Crippen molar-refractivity contribution in [2.45, 2.75) is 13.8 Å². The molecule has 0 fully saturated rings. The SMILES string of the molecule is CCNC(=O)c1ccc(NC2=CC(=O)N(CCO)C2=O)c(C)c1. The predicted molar refractivity (Wildman–Crippen MR) is 84.7 cm³/mol. The maximum absolute atomic E-state index is 12.1. The van der Waals surface area contributed by atoms with E-state index >= 15 is 0 Å². The third kappa shape index (κ3) is 3.57. The zero-order valence-electron chi connectivity index (χ0n) is 13.0. The summed E-state index contributed by atoms with van der Waals surface area (Å²) in [5.41, 5.74) is 2.09. The number of aliphatic hydroxyl groups excluding tert-OH is 1.